The highest BCUT2D eigenvalue weighted by molar-refractivity contribution is 5.13. The molecule has 2 heterocycles. The van der Waals surface area contributed by atoms with E-state index in [0.717, 1.165) is 13.1 Å². The molecule has 88 valence electrons. The Morgan fingerprint density at radius 1 is 1.25 bits per heavy atom. The van der Waals surface area contributed by atoms with Gasteiger partial charge in [-0.05, 0) is 44.6 Å². The van der Waals surface area contributed by atoms with Crippen LogP contribution in [-0.4, -0.2) is 30.0 Å². The molecule has 1 aliphatic rings. The maximum Gasteiger partial charge on any atom is 0.0544 e. The van der Waals surface area contributed by atoms with E-state index >= 15 is 0 Å². The lowest BCUT2D eigenvalue weighted by Crippen LogP contribution is -2.29. The average Bonchev–Trinajstić information content (AvgIpc) is 2.33. The van der Waals surface area contributed by atoms with Gasteiger partial charge in [0.2, 0.25) is 0 Å². The summed E-state index contributed by atoms with van der Waals surface area (Å²) in [5.74, 6) is 0. The number of nitrogens with one attached hydrogen (secondary N) is 1. The zero-order valence-corrected chi connectivity index (χ0v) is 10.1. The first-order valence-corrected chi connectivity index (χ1v) is 6.19. The molecule has 0 amide bonds. The zero-order valence-electron chi connectivity index (χ0n) is 10.1. The molecule has 16 heavy (non-hydrogen) atoms. The molecule has 3 nitrogen and oxygen atoms in total. The monoisotopic (exact) mass is 219 g/mol. The third-order valence-electron chi connectivity index (χ3n) is 3.10. The molecule has 1 aliphatic heterocycles. The second-order valence-corrected chi connectivity index (χ2v) is 4.52. The van der Waals surface area contributed by atoms with Gasteiger partial charge < -0.3 is 5.32 Å². The van der Waals surface area contributed by atoms with E-state index in [4.69, 9.17) is 0 Å². The van der Waals surface area contributed by atoms with E-state index in [1.165, 1.54) is 43.6 Å². The van der Waals surface area contributed by atoms with Crippen molar-refractivity contribution >= 4 is 0 Å². The molecular weight excluding hydrogens is 198 g/mol. The molecule has 0 unspecified atom stereocenters. The predicted molar refractivity (Wildman–Crippen MR) is 66.1 cm³/mol. The molecule has 0 radical (unpaired) electrons. The van der Waals surface area contributed by atoms with Crippen molar-refractivity contribution < 1.29 is 0 Å². The van der Waals surface area contributed by atoms with Crippen molar-refractivity contribution in [3.05, 3.63) is 29.6 Å². The van der Waals surface area contributed by atoms with Gasteiger partial charge in [-0.3, -0.25) is 9.88 Å². The summed E-state index contributed by atoms with van der Waals surface area (Å²) in [5.41, 5.74) is 2.45. The summed E-state index contributed by atoms with van der Waals surface area (Å²) in [4.78, 5) is 7.01. The van der Waals surface area contributed by atoms with Crippen molar-refractivity contribution in [3.63, 3.8) is 0 Å². The molecule has 2 rings (SSSR count). The third-order valence-corrected chi connectivity index (χ3v) is 3.10. The molecule has 0 atom stereocenters. The van der Waals surface area contributed by atoms with Gasteiger partial charge in [0.25, 0.3) is 0 Å². The fourth-order valence-corrected chi connectivity index (χ4v) is 2.20. The number of likely N-dealkylation sites (tertiary alicyclic amines) is 1. The van der Waals surface area contributed by atoms with Crippen LogP contribution in [0.1, 0.15) is 30.5 Å². The molecular formula is C13H21N3. The Morgan fingerprint density at radius 3 is 2.69 bits per heavy atom. The normalized spacial score (nSPS) is 17.6. The van der Waals surface area contributed by atoms with Crippen molar-refractivity contribution in [3.8, 4) is 0 Å². The fraction of sp³-hybridized carbons (Fsp3) is 0.615. The summed E-state index contributed by atoms with van der Waals surface area (Å²) in [6.45, 7) is 4.39. The largest absolute Gasteiger partial charge is 0.316 e. The third kappa shape index (κ3) is 3.29. The Morgan fingerprint density at radius 2 is 2.06 bits per heavy atom. The van der Waals surface area contributed by atoms with Crippen LogP contribution in [0.5, 0.6) is 0 Å². The maximum absolute atomic E-state index is 4.51. The van der Waals surface area contributed by atoms with Gasteiger partial charge >= 0.3 is 0 Å². The number of hydrogen-bond acceptors (Lipinski definition) is 3. The smallest absolute Gasteiger partial charge is 0.0544 e. The van der Waals surface area contributed by atoms with E-state index in [0.29, 0.717) is 0 Å². The van der Waals surface area contributed by atoms with Crippen LogP contribution in [0, 0.1) is 0 Å². The Labute approximate surface area is 97.9 Å². The first kappa shape index (κ1) is 11.6. The number of nitrogens with zero attached hydrogens (tertiary/aromatic N) is 2. The van der Waals surface area contributed by atoms with Crippen molar-refractivity contribution in [2.75, 3.05) is 20.1 Å². The van der Waals surface area contributed by atoms with Crippen LogP contribution >= 0.6 is 0 Å². The van der Waals surface area contributed by atoms with Crippen molar-refractivity contribution in [2.24, 2.45) is 0 Å². The summed E-state index contributed by atoms with van der Waals surface area (Å²) >= 11 is 0. The van der Waals surface area contributed by atoms with Crippen LogP contribution in [-0.2, 0) is 13.1 Å². The van der Waals surface area contributed by atoms with Gasteiger partial charge in [0.1, 0.15) is 0 Å². The van der Waals surface area contributed by atoms with Crippen LogP contribution in [0.15, 0.2) is 18.3 Å². The zero-order chi connectivity index (χ0) is 11.2. The molecule has 1 N–H and O–H groups in total. The van der Waals surface area contributed by atoms with Gasteiger partial charge in [0.15, 0.2) is 0 Å². The highest BCUT2D eigenvalue weighted by atomic mass is 15.1. The predicted octanol–water partition coefficient (Wildman–Crippen LogP) is 1.79. The molecule has 1 saturated heterocycles. The summed E-state index contributed by atoms with van der Waals surface area (Å²) < 4.78 is 0. The summed E-state index contributed by atoms with van der Waals surface area (Å²) in [6.07, 6.45) is 6.07. The van der Waals surface area contributed by atoms with Crippen molar-refractivity contribution in [2.45, 2.75) is 32.4 Å². The minimum absolute atomic E-state index is 0.900. The van der Waals surface area contributed by atoms with E-state index in [1.54, 1.807) is 0 Å². The Kier molecular flexibility index (Phi) is 4.31. The molecule has 1 fully saturated rings. The van der Waals surface area contributed by atoms with Gasteiger partial charge in [-0.2, -0.15) is 0 Å². The lowest BCUT2D eigenvalue weighted by Gasteiger charge is -2.25. The molecule has 0 aromatic carbocycles. The topological polar surface area (TPSA) is 28.2 Å². The van der Waals surface area contributed by atoms with Crippen LogP contribution in [0.3, 0.4) is 0 Å². The van der Waals surface area contributed by atoms with Gasteiger partial charge in [-0.25, -0.2) is 0 Å². The van der Waals surface area contributed by atoms with E-state index in [1.807, 2.05) is 13.2 Å². The minimum Gasteiger partial charge on any atom is -0.316 e. The minimum atomic E-state index is 0.900. The first-order chi connectivity index (χ1) is 7.88. The Balaban J connectivity index is 1.88. The highest BCUT2D eigenvalue weighted by Gasteiger charge is 2.10. The summed E-state index contributed by atoms with van der Waals surface area (Å²) in [7, 11) is 1.96. The number of pyridine rings is 1. The van der Waals surface area contributed by atoms with Gasteiger partial charge in [0, 0.05) is 19.3 Å². The number of hydrogen-bond donors (Lipinski definition) is 1. The van der Waals surface area contributed by atoms with Crippen molar-refractivity contribution in [1.29, 1.82) is 0 Å². The van der Waals surface area contributed by atoms with Crippen molar-refractivity contribution in [1.82, 2.24) is 15.2 Å². The number of rotatable bonds is 4. The van der Waals surface area contributed by atoms with Crippen LogP contribution < -0.4 is 5.32 Å². The molecule has 0 bridgehead atoms. The Hall–Kier alpha value is -0.930. The second-order valence-electron chi connectivity index (χ2n) is 4.52. The lowest BCUT2D eigenvalue weighted by molar-refractivity contribution is 0.218. The van der Waals surface area contributed by atoms with Crippen LogP contribution in [0.25, 0.3) is 0 Å². The second kappa shape index (κ2) is 5.97. The lowest BCUT2D eigenvalue weighted by atomic mass is 10.1. The maximum atomic E-state index is 4.51. The summed E-state index contributed by atoms with van der Waals surface area (Å²) in [5, 5.41) is 3.13. The van der Waals surface area contributed by atoms with Crippen LogP contribution in [0.4, 0.5) is 0 Å². The SMILES string of the molecule is CNCc1ccc(CN2CCCCC2)nc1. The molecule has 1 aromatic rings. The average molecular weight is 219 g/mol. The molecule has 1 aromatic heterocycles. The van der Waals surface area contributed by atoms with Gasteiger partial charge in [-0.1, -0.05) is 12.5 Å². The van der Waals surface area contributed by atoms with Gasteiger partial charge in [-0.15, -0.1) is 0 Å². The number of aromatic nitrogens is 1. The van der Waals surface area contributed by atoms with Gasteiger partial charge in [0.05, 0.1) is 5.69 Å². The quantitative estimate of drug-likeness (QED) is 0.837. The van der Waals surface area contributed by atoms with E-state index in [2.05, 4.69) is 27.3 Å². The van der Waals surface area contributed by atoms with E-state index in [-0.39, 0.29) is 0 Å². The first-order valence-electron chi connectivity index (χ1n) is 6.19. The summed E-state index contributed by atoms with van der Waals surface area (Å²) in [6, 6.07) is 4.32. The molecule has 0 saturated carbocycles. The molecule has 3 heteroatoms. The highest BCUT2D eigenvalue weighted by Crippen LogP contribution is 2.11. The standard InChI is InChI=1S/C13H21N3/c1-14-9-12-5-6-13(15-10-12)11-16-7-3-2-4-8-16/h5-6,10,14H,2-4,7-9,11H2,1H3. The Bertz CT molecular complexity index is 301. The van der Waals surface area contributed by atoms with E-state index in [9.17, 15) is 0 Å². The molecule has 0 aliphatic carbocycles. The number of piperidine rings is 1. The van der Waals surface area contributed by atoms with E-state index < -0.39 is 0 Å². The van der Waals surface area contributed by atoms with Crippen LogP contribution in [0.2, 0.25) is 0 Å². The molecule has 0 spiro atoms. The fourth-order valence-electron chi connectivity index (χ4n) is 2.20.